The van der Waals surface area contributed by atoms with E-state index in [2.05, 4.69) is 5.32 Å². The highest BCUT2D eigenvalue weighted by atomic mass is 32.2. The number of carbonyl (C=O) groups excluding carboxylic acids is 1. The van der Waals surface area contributed by atoms with Crippen molar-refractivity contribution in [2.24, 2.45) is 5.92 Å². The van der Waals surface area contributed by atoms with E-state index < -0.39 is 15.8 Å². The van der Waals surface area contributed by atoms with Crippen molar-refractivity contribution >= 4 is 15.9 Å². The van der Waals surface area contributed by atoms with Crippen molar-refractivity contribution in [2.45, 2.75) is 24.7 Å². The number of hydrogen-bond acceptors (Lipinski definition) is 4. The lowest BCUT2D eigenvalue weighted by molar-refractivity contribution is -0.126. The first kappa shape index (κ1) is 19.8. The number of rotatable bonds is 6. The van der Waals surface area contributed by atoms with E-state index in [1.807, 2.05) is 19.0 Å². The van der Waals surface area contributed by atoms with Gasteiger partial charge in [0.05, 0.1) is 4.90 Å². The normalized spacial score (nSPS) is 17.0. The lowest BCUT2D eigenvalue weighted by Gasteiger charge is -2.30. The number of nitrogens with one attached hydrogen (secondary N) is 1. The van der Waals surface area contributed by atoms with Crippen molar-refractivity contribution in [2.75, 3.05) is 40.3 Å². The van der Waals surface area contributed by atoms with E-state index in [0.717, 1.165) is 6.54 Å². The number of carbonyl (C=O) groups is 1. The van der Waals surface area contributed by atoms with Crippen LogP contribution in [0.3, 0.4) is 0 Å². The van der Waals surface area contributed by atoms with Gasteiger partial charge in [-0.1, -0.05) is 0 Å². The molecule has 140 valence electrons. The third-order valence-corrected chi connectivity index (χ3v) is 6.34. The van der Waals surface area contributed by atoms with Crippen LogP contribution in [0.2, 0.25) is 0 Å². The molecule has 1 aliphatic heterocycles. The fraction of sp³-hybridized carbons (Fsp3) is 0.588. The predicted octanol–water partition coefficient (Wildman–Crippen LogP) is 1.21. The Balaban J connectivity index is 1.94. The zero-order chi connectivity index (χ0) is 18.6. The fourth-order valence-corrected chi connectivity index (χ4v) is 4.39. The molecule has 6 nitrogen and oxygen atoms in total. The van der Waals surface area contributed by atoms with Gasteiger partial charge in [0, 0.05) is 32.1 Å². The van der Waals surface area contributed by atoms with Crippen LogP contribution in [0.1, 0.15) is 18.4 Å². The van der Waals surface area contributed by atoms with Crippen molar-refractivity contribution in [1.29, 1.82) is 0 Å². The molecule has 1 aromatic rings. The number of halogens is 1. The highest BCUT2D eigenvalue weighted by Crippen LogP contribution is 2.25. The van der Waals surface area contributed by atoms with E-state index in [-0.39, 0.29) is 16.7 Å². The first-order valence-electron chi connectivity index (χ1n) is 8.40. The molecular formula is C17H26FN3O3S. The van der Waals surface area contributed by atoms with Crippen molar-refractivity contribution in [1.82, 2.24) is 14.5 Å². The summed E-state index contributed by atoms with van der Waals surface area (Å²) in [5.74, 6) is -0.604. The third kappa shape index (κ3) is 4.99. The number of benzene rings is 1. The number of hydrogen-bond donors (Lipinski definition) is 1. The zero-order valence-corrected chi connectivity index (χ0v) is 15.8. The molecule has 2 rings (SSSR count). The Hall–Kier alpha value is -1.51. The van der Waals surface area contributed by atoms with Gasteiger partial charge >= 0.3 is 0 Å². The Kier molecular flexibility index (Phi) is 6.53. The van der Waals surface area contributed by atoms with Crippen LogP contribution in [0.15, 0.2) is 23.1 Å². The van der Waals surface area contributed by atoms with Gasteiger partial charge in [-0.2, -0.15) is 4.31 Å². The molecule has 1 heterocycles. The van der Waals surface area contributed by atoms with Gasteiger partial charge in [0.15, 0.2) is 0 Å². The Morgan fingerprint density at radius 3 is 2.52 bits per heavy atom. The van der Waals surface area contributed by atoms with E-state index in [9.17, 15) is 17.6 Å². The van der Waals surface area contributed by atoms with Crippen molar-refractivity contribution < 1.29 is 17.6 Å². The zero-order valence-electron chi connectivity index (χ0n) is 15.0. The molecule has 0 bridgehead atoms. The maximum Gasteiger partial charge on any atom is 0.243 e. The Morgan fingerprint density at radius 1 is 1.32 bits per heavy atom. The van der Waals surface area contributed by atoms with Gasteiger partial charge in [-0.15, -0.1) is 0 Å². The molecule has 0 aliphatic carbocycles. The van der Waals surface area contributed by atoms with Crippen LogP contribution in [0, 0.1) is 18.7 Å². The van der Waals surface area contributed by atoms with Crippen LogP contribution in [-0.2, 0) is 14.8 Å². The molecule has 1 aliphatic rings. The lowest BCUT2D eigenvalue weighted by atomic mass is 9.97. The molecular weight excluding hydrogens is 345 g/mol. The Bertz CT molecular complexity index is 714. The van der Waals surface area contributed by atoms with E-state index in [0.29, 0.717) is 38.0 Å². The van der Waals surface area contributed by atoms with Crippen LogP contribution < -0.4 is 5.32 Å². The van der Waals surface area contributed by atoms with Crippen molar-refractivity contribution in [3.63, 3.8) is 0 Å². The highest BCUT2D eigenvalue weighted by Gasteiger charge is 2.32. The van der Waals surface area contributed by atoms with E-state index in [1.165, 1.54) is 22.5 Å². The second-order valence-corrected chi connectivity index (χ2v) is 8.62. The minimum absolute atomic E-state index is 0.0171. The van der Waals surface area contributed by atoms with Crippen LogP contribution in [0.25, 0.3) is 0 Å². The van der Waals surface area contributed by atoms with Gasteiger partial charge in [0.25, 0.3) is 0 Å². The summed E-state index contributed by atoms with van der Waals surface area (Å²) in [6.45, 7) is 3.48. The number of sulfonamides is 1. The molecule has 25 heavy (non-hydrogen) atoms. The molecule has 1 N–H and O–H groups in total. The summed E-state index contributed by atoms with van der Waals surface area (Å²) in [6.07, 6.45) is 0.987. The minimum Gasteiger partial charge on any atom is -0.355 e. The van der Waals surface area contributed by atoms with Crippen LogP contribution in [0.5, 0.6) is 0 Å². The van der Waals surface area contributed by atoms with E-state index >= 15 is 0 Å². The standard InChI is InChI=1S/C17H26FN3O3S/c1-13-12-15(4-5-16(13)18)25(23,24)21-9-6-14(7-10-21)17(22)19-8-11-20(2)3/h4-5,12,14H,6-11H2,1-3H3,(H,19,22). The molecule has 0 aromatic heterocycles. The van der Waals surface area contributed by atoms with Gasteiger partial charge in [-0.25, -0.2) is 12.8 Å². The predicted molar refractivity (Wildman–Crippen MR) is 94.2 cm³/mol. The van der Waals surface area contributed by atoms with E-state index in [4.69, 9.17) is 0 Å². The molecule has 0 unspecified atom stereocenters. The molecule has 0 atom stereocenters. The summed E-state index contributed by atoms with van der Waals surface area (Å²) < 4.78 is 40.1. The second-order valence-electron chi connectivity index (χ2n) is 6.68. The molecule has 1 aromatic carbocycles. The van der Waals surface area contributed by atoms with Crippen LogP contribution in [-0.4, -0.2) is 63.8 Å². The number of nitrogens with zero attached hydrogens (tertiary/aromatic N) is 2. The summed E-state index contributed by atoms with van der Waals surface area (Å²) in [7, 11) is 0.224. The highest BCUT2D eigenvalue weighted by molar-refractivity contribution is 7.89. The molecule has 0 spiro atoms. The van der Waals surface area contributed by atoms with Crippen LogP contribution in [0.4, 0.5) is 4.39 Å². The molecule has 8 heteroatoms. The van der Waals surface area contributed by atoms with E-state index in [1.54, 1.807) is 6.92 Å². The average Bonchev–Trinajstić information content (AvgIpc) is 2.57. The minimum atomic E-state index is -3.65. The molecule has 0 saturated carbocycles. The Labute approximate surface area is 149 Å². The number of aryl methyl sites for hydroxylation is 1. The summed E-state index contributed by atoms with van der Waals surface area (Å²) in [5, 5.41) is 2.89. The average molecular weight is 371 g/mol. The quantitative estimate of drug-likeness (QED) is 0.816. The number of piperidine rings is 1. The Morgan fingerprint density at radius 2 is 1.96 bits per heavy atom. The monoisotopic (exact) mass is 371 g/mol. The first-order valence-corrected chi connectivity index (χ1v) is 9.84. The molecule has 1 saturated heterocycles. The van der Waals surface area contributed by atoms with Gasteiger partial charge in [-0.05, 0) is 57.6 Å². The maximum absolute atomic E-state index is 13.4. The smallest absolute Gasteiger partial charge is 0.243 e. The number of likely N-dealkylation sites (N-methyl/N-ethyl adjacent to an activating group) is 1. The van der Waals surface area contributed by atoms with Crippen molar-refractivity contribution in [3.05, 3.63) is 29.6 Å². The summed E-state index contributed by atoms with van der Waals surface area (Å²) in [6, 6.07) is 3.82. The van der Waals surface area contributed by atoms with Gasteiger partial charge in [-0.3, -0.25) is 4.79 Å². The SMILES string of the molecule is Cc1cc(S(=O)(=O)N2CCC(C(=O)NCCN(C)C)CC2)ccc1F. The first-order chi connectivity index (χ1) is 11.7. The fourth-order valence-electron chi connectivity index (χ4n) is 2.83. The lowest BCUT2D eigenvalue weighted by Crippen LogP contribution is -2.43. The number of amides is 1. The maximum atomic E-state index is 13.4. The second kappa shape index (κ2) is 8.25. The third-order valence-electron chi connectivity index (χ3n) is 4.45. The van der Waals surface area contributed by atoms with Crippen molar-refractivity contribution in [3.8, 4) is 0 Å². The largest absolute Gasteiger partial charge is 0.355 e. The van der Waals surface area contributed by atoms with Crippen LogP contribution >= 0.6 is 0 Å². The van der Waals surface area contributed by atoms with Gasteiger partial charge in [0.1, 0.15) is 5.82 Å². The topological polar surface area (TPSA) is 69.7 Å². The summed E-state index contributed by atoms with van der Waals surface area (Å²) in [5.41, 5.74) is 0.302. The molecule has 0 radical (unpaired) electrons. The van der Waals surface area contributed by atoms with Gasteiger partial charge < -0.3 is 10.2 Å². The molecule has 1 fully saturated rings. The molecule has 1 amide bonds. The van der Waals surface area contributed by atoms with Gasteiger partial charge in [0.2, 0.25) is 15.9 Å². The summed E-state index contributed by atoms with van der Waals surface area (Å²) >= 11 is 0. The summed E-state index contributed by atoms with van der Waals surface area (Å²) in [4.78, 5) is 14.2.